The second-order valence-corrected chi connectivity index (χ2v) is 6.94. The van der Waals surface area contributed by atoms with E-state index in [4.69, 9.17) is 0 Å². The highest BCUT2D eigenvalue weighted by Crippen LogP contribution is 2.21. The number of carbonyl (C=O) groups is 1. The molecule has 1 amide bonds. The first-order valence-corrected chi connectivity index (χ1v) is 8.85. The first kappa shape index (κ1) is 16.4. The number of benzene rings is 2. The molecule has 1 aromatic heterocycles. The molecular weight excluding hydrogens is 316 g/mol. The molecule has 0 unspecified atom stereocenters. The highest BCUT2D eigenvalue weighted by atomic mass is 32.1. The zero-order valence-corrected chi connectivity index (χ0v) is 14.5. The maximum atomic E-state index is 12.0. The molecule has 0 radical (unpaired) electrons. The second-order valence-electron chi connectivity index (χ2n) is 5.83. The summed E-state index contributed by atoms with van der Waals surface area (Å²) in [6.45, 7) is 2.08. The van der Waals surface area contributed by atoms with Crippen molar-refractivity contribution in [3.63, 3.8) is 0 Å². The Labute approximate surface area is 146 Å². The molecule has 24 heavy (non-hydrogen) atoms. The predicted octanol–water partition coefficient (Wildman–Crippen LogP) is 4.61. The number of anilines is 1. The van der Waals surface area contributed by atoms with Crippen LogP contribution in [0.4, 0.5) is 5.13 Å². The Balaban J connectivity index is 1.51. The summed E-state index contributed by atoms with van der Waals surface area (Å²) in [5, 5.41) is 3.57. The third kappa shape index (κ3) is 4.77. The fraction of sp³-hybridized carbons (Fsp3) is 0.200. The van der Waals surface area contributed by atoms with E-state index in [-0.39, 0.29) is 5.91 Å². The van der Waals surface area contributed by atoms with Crippen molar-refractivity contribution in [1.82, 2.24) is 4.98 Å². The number of rotatable bonds is 6. The topological polar surface area (TPSA) is 42.0 Å². The van der Waals surface area contributed by atoms with Crippen LogP contribution in [0.1, 0.15) is 28.0 Å². The SMILES string of the molecule is Cc1ccc(Cc2cnc(NC(=O)CCc3ccccc3)s2)cc1. The number of carbonyl (C=O) groups excluding carboxylic acids is 1. The lowest BCUT2D eigenvalue weighted by atomic mass is 10.1. The van der Waals surface area contributed by atoms with Crippen LogP contribution in [0.5, 0.6) is 0 Å². The summed E-state index contributed by atoms with van der Waals surface area (Å²) < 4.78 is 0. The van der Waals surface area contributed by atoms with E-state index in [0.717, 1.165) is 17.7 Å². The molecule has 1 N–H and O–H groups in total. The van der Waals surface area contributed by atoms with Crippen molar-refractivity contribution in [1.29, 1.82) is 0 Å². The Morgan fingerprint density at radius 1 is 1.04 bits per heavy atom. The lowest BCUT2D eigenvalue weighted by molar-refractivity contribution is -0.116. The summed E-state index contributed by atoms with van der Waals surface area (Å²) in [4.78, 5) is 17.5. The van der Waals surface area contributed by atoms with Gasteiger partial charge in [0.2, 0.25) is 5.91 Å². The number of hydrogen-bond acceptors (Lipinski definition) is 3. The average molecular weight is 336 g/mol. The fourth-order valence-electron chi connectivity index (χ4n) is 2.44. The number of thiazole rings is 1. The van der Waals surface area contributed by atoms with Crippen LogP contribution >= 0.6 is 11.3 Å². The zero-order chi connectivity index (χ0) is 16.8. The summed E-state index contributed by atoms with van der Waals surface area (Å²) in [5.41, 5.74) is 3.69. The minimum Gasteiger partial charge on any atom is -0.302 e. The largest absolute Gasteiger partial charge is 0.302 e. The highest BCUT2D eigenvalue weighted by molar-refractivity contribution is 7.15. The van der Waals surface area contributed by atoms with Crippen molar-refractivity contribution in [2.24, 2.45) is 0 Å². The van der Waals surface area contributed by atoms with E-state index in [2.05, 4.69) is 41.5 Å². The molecule has 0 atom stereocenters. The molecule has 2 aromatic carbocycles. The molecule has 0 fully saturated rings. The lowest BCUT2D eigenvalue weighted by Crippen LogP contribution is -2.11. The molecule has 0 bridgehead atoms. The van der Waals surface area contributed by atoms with Gasteiger partial charge in [-0.15, -0.1) is 11.3 Å². The van der Waals surface area contributed by atoms with Gasteiger partial charge in [-0.1, -0.05) is 60.2 Å². The normalized spacial score (nSPS) is 10.5. The van der Waals surface area contributed by atoms with E-state index >= 15 is 0 Å². The van der Waals surface area contributed by atoms with Crippen molar-refractivity contribution in [2.45, 2.75) is 26.2 Å². The molecule has 0 aliphatic heterocycles. The van der Waals surface area contributed by atoms with Gasteiger partial charge in [-0.3, -0.25) is 4.79 Å². The van der Waals surface area contributed by atoms with E-state index in [1.807, 2.05) is 36.5 Å². The van der Waals surface area contributed by atoms with E-state index in [1.54, 1.807) is 0 Å². The first-order valence-electron chi connectivity index (χ1n) is 8.03. The third-order valence-corrected chi connectivity index (χ3v) is 4.70. The molecule has 0 saturated carbocycles. The minimum absolute atomic E-state index is 0.00934. The van der Waals surface area contributed by atoms with Gasteiger partial charge in [0.1, 0.15) is 0 Å². The minimum atomic E-state index is 0.00934. The number of nitrogens with zero attached hydrogens (tertiary/aromatic N) is 1. The van der Waals surface area contributed by atoms with Gasteiger partial charge in [0.05, 0.1) is 0 Å². The van der Waals surface area contributed by atoms with Gasteiger partial charge < -0.3 is 5.32 Å². The van der Waals surface area contributed by atoms with Gasteiger partial charge in [0.15, 0.2) is 5.13 Å². The summed E-state index contributed by atoms with van der Waals surface area (Å²) in [6, 6.07) is 18.5. The number of aryl methyl sites for hydroxylation is 2. The molecule has 122 valence electrons. The number of amides is 1. The molecule has 3 rings (SSSR count). The molecule has 0 spiro atoms. The van der Waals surface area contributed by atoms with Crippen LogP contribution in [0.25, 0.3) is 0 Å². The standard InChI is InChI=1S/C20H20N2OS/c1-15-7-9-17(10-8-15)13-18-14-21-20(24-18)22-19(23)12-11-16-5-3-2-4-6-16/h2-10,14H,11-13H2,1H3,(H,21,22,23). The molecule has 0 aliphatic carbocycles. The zero-order valence-electron chi connectivity index (χ0n) is 13.7. The van der Waals surface area contributed by atoms with Crippen LogP contribution in [0.3, 0.4) is 0 Å². The van der Waals surface area contributed by atoms with Gasteiger partial charge in [-0.05, 0) is 24.5 Å². The van der Waals surface area contributed by atoms with Crippen LogP contribution in [0.2, 0.25) is 0 Å². The van der Waals surface area contributed by atoms with Crippen molar-refractivity contribution in [3.8, 4) is 0 Å². The number of nitrogens with one attached hydrogen (secondary N) is 1. The highest BCUT2D eigenvalue weighted by Gasteiger charge is 2.07. The van der Waals surface area contributed by atoms with Crippen molar-refractivity contribution < 1.29 is 4.79 Å². The first-order chi connectivity index (χ1) is 11.7. The van der Waals surface area contributed by atoms with Crippen molar-refractivity contribution >= 4 is 22.4 Å². The average Bonchev–Trinajstić information content (AvgIpc) is 3.03. The van der Waals surface area contributed by atoms with E-state index in [1.165, 1.54) is 28.0 Å². The summed E-state index contributed by atoms with van der Waals surface area (Å²) in [5.74, 6) is 0.00934. The van der Waals surface area contributed by atoms with Crippen LogP contribution in [-0.2, 0) is 17.6 Å². The quantitative estimate of drug-likeness (QED) is 0.714. The Morgan fingerprint density at radius 3 is 2.54 bits per heavy atom. The number of aromatic nitrogens is 1. The van der Waals surface area contributed by atoms with Crippen LogP contribution in [0, 0.1) is 6.92 Å². The van der Waals surface area contributed by atoms with Crippen LogP contribution in [0.15, 0.2) is 60.8 Å². The molecule has 4 heteroatoms. The molecule has 3 aromatic rings. The van der Waals surface area contributed by atoms with Crippen molar-refractivity contribution in [3.05, 3.63) is 82.4 Å². The summed E-state index contributed by atoms with van der Waals surface area (Å²) >= 11 is 1.54. The molecule has 0 aliphatic rings. The Bertz CT molecular complexity index is 794. The molecular formula is C20H20N2OS. The number of hydrogen-bond donors (Lipinski definition) is 1. The third-order valence-electron chi connectivity index (χ3n) is 3.78. The maximum absolute atomic E-state index is 12.0. The van der Waals surface area contributed by atoms with E-state index < -0.39 is 0 Å². The van der Waals surface area contributed by atoms with E-state index in [9.17, 15) is 4.79 Å². The monoisotopic (exact) mass is 336 g/mol. The Hall–Kier alpha value is -2.46. The smallest absolute Gasteiger partial charge is 0.226 e. The molecule has 1 heterocycles. The Kier molecular flexibility index (Phi) is 5.39. The van der Waals surface area contributed by atoms with Gasteiger partial charge >= 0.3 is 0 Å². The molecule has 3 nitrogen and oxygen atoms in total. The van der Waals surface area contributed by atoms with Gasteiger partial charge in [0, 0.05) is 23.9 Å². The fourth-order valence-corrected chi connectivity index (χ4v) is 3.30. The van der Waals surface area contributed by atoms with Crippen LogP contribution < -0.4 is 5.32 Å². The van der Waals surface area contributed by atoms with Crippen molar-refractivity contribution in [2.75, 3.05) is 5.32 Å². The second kappa shape index (κ2) is 7.88. The predicted molar refractivity (Wildman–Crippen MR) is 99.5 cm³/mol. The van der Waals surface area contributed by atoms with E-state index in [0.29, 0.717) is 11.6 Å². The summed E-state index contributed by atoms with van der Waals surface area (Å²) in [6.07, 6.45) is 3.90. The van der Waals surface area contributed by atoms with Gasteiger partial charge in [0.25, 0.3) is 0 Å². The van der Waals surface area contributed by atoms with Gasteiger partial charge in [-0.2, -0.15) is 0 Å². The maximum Gasteiger partial charge on any atom is 0.226 e. The summed E-state index contributed by atoms with van der Waals surface area (Å²) in [7, 11) is 0. The van der Waals surface area contributed by atoms with Gasteiger partial charge in [-0.25, -0.2) is 4.98 Å². The Morgan fingerprint density at radius 2 is 1.79 bits per heavy atom. The van der Waals surface area contributed by atoms with Crippen LogP contribution in [-0.4, -0.2) is 10.9 Å². The lowest BCUT2D eigenvalue weighted by Gasteiger charge is -2.02. The molecule has 0 saturated heterocycles.